The normalized spacial score (nSPS) is 23.3. The van der Waals surface area contributed by atoms with Crippen LogP contribution < -0.4 is 52.6 Å². The SMILES string of the molecule is CC[C@H](NC(=O)[C@H](C)NC)C(=O)N1C[C@@H]2CC1C(=O)N[C@@H](c1ccccc1)C(=O)N[C@H](C(=O)O)Cc1ccc(cc1)C(=O)N[C@H]1C[C@@H](C(=O)N[C@@H](Cc3ccc4ccccc4c3)C(=O)N[C@H](C(=O)O)Cc3ccc(cc3)OC/C=C/CO2)N(C(=O)[C@@H](NC(=O)[C@H](C)NC)C(C)(C)C)C1. The molecule has 98 heavy (non-hydrogen) atoms. The van der Waals surface area contributed by atoms with Crippen LogP contribution in [0.25, 0.3) is 10.8 Å². The van der Waals surface area contributed by atoms with Crippen molar-refractivity contribution in [3.63, 3.8) is 0 Å². The molecule has 11 rings (SSSR count). The van der Waals surface area contributed by atoms with Gasteiger partial charge in [0.25, 0.3) is 5.91 Å². The summed E-state index contributed by atoms with van der Waals surface area (Å²) in [7, 11) is 3.18. The number of carbonyl (C=O) groups is 11. The van der Waals surface area contributed by atoms with Crippen molar-refractivity contribution in [3.05, 3.63) is 161 Å². The zero-order chi connectivity index (χ0) is 71.0. The second kappa shape index (κ2) is 33.8. The Morgan fingerprint density at radius 2 is 1.16 bits per heavy atom. The number of rotatable bonds is 14. The van der Waals surface area contributed by atoms with Crippen LogP contribution in [0.2, 0.25) is 0 Å². The zero-order valence-electron chi connectivity index (χ0n) is 56.3. The van der Waals surface area contributed by atoms with Crippen LogP contribution in [0.3, 0.4) is 0 Å². The molecule has 6 aliphatic heterocycles. The first-order chi connectivity index (χ1) is 46.7. The Kier molecular flexibility index (Phi) is 25.4. The molecule has 6 aliphatic rings. The highest BCUT2D eigenvalue weighted by Crippen LogP contribution is 2.29. The Balaban J connectivity index is 1.12. The fourth-order valence-electron chi connectivity index (χ4n) is 11.9. The minimum Gasteiger partial charge on any atom is -0.490 e. The van der Waals surface area contributed by atoms with E-state index in [0.29, 0.717) is 28.0 Å². The predicted octanol–water partition coefficient (Wildman–Crippen LogP) is 2.62. The van der Waals surface area contributed by atoms with Crippen molar-refractivity contribution < 1.29 is 72.4 Å². The van der Waals surface area contributed by atoms with Gasteiger partial charge in [-0.3, -0.25) is 43.2 Å². The summed E-state index contributed by atoms with van der Waals surface area (Å²) in [6, 6.07) is 20.5. The molecule has 522 valence electrons. The lowest BCUT2D eigenvalue weighted by atomic mass is 9.85. The molecule has 11 N–H and O–H groups in total. The summed E-state index contributed by atoms with van der Waals surface area (Å²) in [5, 5.41) is 48.0. The Labute approximate surface area is 569 Å². The van der Waals surface area contributed by atoms with E-state index < -0.39 is 143 Å². The Morgan fingerprint density at radius 1 is 0.602 bits per heavy atom. The van der Waals surface area contributed by atoms with Crippen LogP contribution in [0.15, 0.2) is 133 Å². The minimum absolute atomic E-state index is 0.0163. The van der Waals surface area contributed by atoms with Crippen molar-refractivity contribution in [1.29, 1.82) is 0 Å². The van der Waals surface area contributed by atoms with Crippen LogP contribution in [-0.2, 0) is 71.9 Å². The van der Waals surface area contributed by atoms with Gasteiger partial charge >= 0.3 is 11.9 Å². The molecule has 5 aromatic rings. The number of likely N-dealkylation sites (tertiary alicyclic amines) is 2. The number of carboxylic acid groups (broad SMARTS) is 2. The second-order valence-corrected chi connectivity index (χ2v) is 26.0. The molecule has 6 heterocycles. The van der Waals surface area contributed by atoms with Gasteiger partial charge in [0.05, 0.1) is 24.8 Å². The maximum Gasteiger partial charge on any atom is 0.326 e. The summed E-state index contributed by atoms with van der Waals surface area (Å²) in [6.07, 6.45) is 2.04. The summed E-state index contributed by atoms with van der Waals surface area (Å²) < 4.78 is 12.2. The lowest BCUT2D eigenvalue weighted by Crippen LogP contribution is -2.61. The quantitative estimate of drug-likeness (QED) is 0.0712. The van der Waals surface area contributed by atoms with Crippen LogP contribution in [0, 0.1) is 5.41 Å². The second-order valence-electron chi connectivity index (χ2n) is 26.0. The molecule has 26 heteroatoms. The number of likely N-dealkylation sites (N-methyl/N-ethyl adjacent to an activating group) is 2. The van der Waals surface area contributed by atoms with Crippen LogP contribution in [0.5, 0.6) is 5.75 Å². The van der Waals surface area contributed by atoms with Crippen molar-refractivity contribution in [3.8, 4) is 5.75 Å². The highest BCUT2D eigenvalue weighted by atomic mass is 16.5. The average molecular weight is 1350 g/mol. The number of carboxylic acids is 2. The minimum atomic E-state index is -1.58. The van der Waals surface area contributed by atoms with E-state index in [1.54, 1.807) is 128 Å². The smallest absolute Gasteiger partial charge is 0.326 e. The number of fused-ring (bicyclic) bond motifs is 1. The lowest BCUT2D eigenvalue weighted by molar-refractivity contribution is -0.145. The van der Waals surface area contributed by atoms with Gasteiger partial charge in [0.1, 0.15) is 60.7 Å². The van der Waals surface area contributed by atoms with Gasteiger partial charge in [0, 0.05) is 50.4 Å². The maximum atomic E-state index is 15.1. The largest absolute Gasteiger partial charge is 0.490 e. The molecule has 1 unspecified atom stereocenters. The summed E-state index contributed by atoms with van der Waals surface area (Å²) in [6.45, 7) is 9.96. The third kappa shape index (κ3) is 19.4. The molecule has 9 amide bonds. The first-order valence-corrected chi connectivity index (χ1v) is 32.9. The molecule has 0 spiro atoms. The van der Waals surface area contributed by atoms with E-state index in [2.05, 4.69) is 47.9 Å². The van der Waals surface area contributed by atoms with Crippen LogP contribution >= 0.6 is 0 Å². The summed E-state index contributed by atoms with van der Waals surface area (Å²) in [4.78, 5) is 158. The predicted molar refractivity (Wildman–Crippen MR) is 363 cm³/mol. The van der Waals surface area contributed by atoms with Gasteiger partial charge in [-0.1, -0.05) is 131 Å². The maximum absolute atomic E-state index is 15.1. The standard InChI is InChI=1S/C72H89N11O15/c1-9-53(76-61(84)41(2)73-7)68(91)83-40-52-38-58(83)66(89)80-59(47-18-11-10-12-19-47)67(90)79-56(71(95)96)34-43-21-27-48(28-22-43)63(86)75-50-37-57(82(39-50)69(92)60(72(4,5)6)81-62(85)42(3)74-8)65(88)77-54(36-45-23-26-46-17-13-14-20-49(46)33-45)64(87)78-55(70(93)94)35-44-24-29-51(30-25-44)97-31-15-16-32-98-52/h10-30,33,41-42,50,52-60,73-74H,9,31-32,34-40H2,1-8H3,(H,75,86)(H,76,84)(H,77,88)(H,78,87)(H,79,90)(H,80,89)(H,81,85)(H,93,94)(H,95,96)/b16-15+/t41-,42-,50-,52-,53-,54-,55-,56-,57-,58?,59-,60+/m0/s1. The van der Waals surface area contributed by atoms with Gasteiger partial charge in [-0.05, 0) is 110 Å². The number of nitrogens with zero attached hydrogens (tertiary/aromatic N) is 2. The van der Waals surface area contributed by atoms with Crippen molar-refractivity contribution >= 4 is 75.9 Å². The van der Waals surface area contributed by atoms with Crippen LogP contribution in [0.4, 0.5) is 0 Å². The van der Waals surface area contributed by atoms with Gasteiger partial charge in [-0.25, -0.2) is 9.59 Å². The van der Waals surface area contributed by atoms with E-state index in [1.807, 2.05) is 36.4 Å². The number of aliphatic carboxylic acids is 2. The summed E-state index contributed by atoms with van der Waals surface area (Å²) >= 11 is 0. The number of benzene rings is 5. The first kappa shape index (κ1) is 73.8. The fourth-order valence-corrected chi connectivity index (χ4v) is 11.9. The van der Waals surface area contributed by atoms with Gasteiger partial charge < -0.3 is 77.3 Å². The van der Waals surface area contributed by atoms with E-state index in [-0.39, 0.29) is 70.4 Å². The summed E-state index contributed by atoms with van der Waals surface area (Å²) in [5.74, 6) is -8.47. The van der Waals surface area contributed by atoms with Crippen molar-refractivity contribution in [2.45, 2.75) is 153 Å². The zero-order valence-corrected chi connectivity index (χ0v) is 56.3. The van der Waals surface area contributed by atoms with Gasteiger partial charge in [0.15, 0.2) is 0 Å². The molecular formula is C72H89N11O15. The third-order valence-electron chi connectivity index (χ3n) is 17.9. The number of ether oxygens (including phenoxy) is 2. The molecule has 12 atom stereocenters. The summed E-state index contributed by atoms with van der Waals surface area (Å²) in [5.41, 5.74) is 0.967. The van der Waals surface area contributed by atoms with Crippen molar-refractivity contribution in [2.24, 2.45) is 5.41 Å². The number of hydrogen-bond acceptors (Lipinski definition) is 15. The van der Waals surface area contributed by atoms with Crippen LogP contribution in [-0.4, -0.2) is 192 Å². The average Bonchev–Trinajstić information content (AvgIpc) is 1.61. The molecular weight excluding hydrogens is 1260 g/mol. The highest BCUT2D eigenvalue weighted by molar-refractivity contribution is 5.99. The number of hydrogen-bond donors (Lipinski definition) is 11. The van der Waals surface area contributed by atoms with Crippen LogP contribution in [0.1, 0.15) is 99.5 Å². The van der Waals surface area contributed by atoms with Gasteiger partial charge in [-0.2, -0.15) is 0 Å². The Morgan fingerprint density at radius 3 is 1.78 bits per heavy atom. The van der Waals surface area contributed by atoms with E-state index in [0.717, 1.165) is 10.8 Å². The van der Waals surface area contributed by atoms with Crippen molar-refractivity contribution in [2.75, 3.05) is 40.4 Å². The molecule has 0 radical (unpaired) electrons. The molecule has 26 nitrogen and oxygen atoms in total. The molecule has 0 aromatic heterocycles. The lowest BCUT2D eigenvalue weighted by Gasteiger charge is -2.36. The number of amides is 9. The fraction of sp³-hybridized carbons (Fsp3) is 0.431. The number of carbonyl (C=O) groups excluding carboxylic acids is 9. The van der Waals surface area contributed by atoms with E-state index >= 15 is 9.59 Å². The first-order valence-electron chi connectivity index (χ1n) is 32.9. The van der Waals surface area contributed by atoms with E-state index in [9.17, 15) is 53.4 Å². The monoisotopic (exact) mass is 1350 g/mol. The van der Waals surface area contributed by atoms with Gasteiger partial charge in [-0.15, -0.1) is 0 Å². The molecule has 2 fully saturated rings. The number of nitrogens with one attached hydrogen (secondary N) is 9. The molecule has 2 saturated heterocycles. The molecule has 0 saturated carbocycles. The Hall–Kier alpha value is -10.0. The third-order valence-corrected chi connectivity index (χ3v) is 17.9. The Bertz CT molecular complexity index is 3730. The van der Waals surface area contributed by atoms with E-state index in [4.69, 9.17) is 9.47 Å². The van der Waals surface area contributed by atoms with Gasteiger partial charge in [0.2, 0.25) is 47.3 Å². The highest BCUT2D eigenvalue weighted by Gasteiger charge is 2.47. The topological polar surface area (TPSA) is 361 Å². The molecule has 8 bridgehead atoms. The molecule has 5 aromatic carbocycles. The van der Waals surface area contributed by atoms with E-state index in [1.165, 1.54) is 34.1 Å². The van der Waals surface area contributed by atoms with Crippen molar-refractivity contribution in [1.82, 2.24) is 57.7 Å². The molecule has 0 aliphatic carbocycles.